The first kappa shape index (κ1) is 27.9. The monoisotopic (exact) mass is 474 g/mol. The molecule has 0 radical (unpaired) electrons. The predicted molar refractivity (Wildman–Crippen MR) is 143 cm³/mol. The van der Waals surface area contributed by atoms with Crippen molar-refractivity contribution in [1.82, 2.24) is 0 Å². The van der Waals surface area contributed by atoms with Gasteiger partial charge in [-0.05, 0) is 73.3 Å². The highest BCUT2D eigenvalue weighted by Gasteiger charge is 2.43. The molecule has 0 saturated carbocycles. The number of ether oxygens (including phenoxy) is 3. The average molecular weight is 475 g/mol. The molecule has 3 nitrogen and oxygen atoms in total. The summed E-state index contributed by atoms with van der Waals surface area (Å²) in [6, 6.07) is 0. The molecule has 3 rings (SSSR count). The van der Waals surface area contributed by atoms with Crippen LogP contribution in [0, 0.1) is 23.7 Å². The minimum atomic E-state index is 0.118. The third-order valence-corrected chi connectivity index (χ3v) is 9.29. The van der Waals surface area contributed by atoms with E-state index in [-0.39, 0.29) is 18.3 Å². The molecule has 196 valence electrons. The Kier molecular flexibility index (Phi) is 10.7. The Balaban J connectivity index is 1.54. The van der Waals surface area contributed by atoms with Crippen LogP contribution >= 0.6 is 0 Å². The van der Waals surface area contributed by atoms with Gasteiger partial charge in [-0.2, -0.15) is 0 Å². The summed E-state index contributed by atoms with van der Waals surface area (Å²) >= 11 is 0. The second-order valence-corrected chi connectivity index (χ2v) is 11.9. The molecule has 0 spiro atoms. The maximum Gasteiger partial charge on any atom is 0.0813 e. The van der Waals surface area contributed by atoms with E-state index in [9.17, 15) is 0 Å². The van der Waals surface area contributed by atoms with Gasteiger partial charge in [0.15, 0.2) is 0 Å². The number of hydrogen-bond donors (Lipinski definition) is 0. The summed E-state index contributed by atoms with van der Waals surface area (Å²) < 4.78 is 19.8. The smallest absolute Gasteiger partial charge is 0.0813 e. The molecule has 0 amide bonds. The van der Waals surface area contributed by atoms with Gasteiger partial charge in [-0.15, -0.1) is 0 Å². The third kappa shape index (κ3) is 6.98. The van der Waals surface area contributed by atoms with Gasteiger partial charge in [0.2, 0.25) is 0 Å². The molecule has 0 aromatic carbocycles. The molecule has 3 aliphatic rings. The van der Waals surface area contributed by atoms with E-state index >= 15 is 0 Å². The molecule has 1 unspecified atom stereocenters. The van der Waals surface area contributed by atoms with Crippen LogP contribution in [0.3, 0.4) is 0 Å². The lowest BCUT2D eigenvalue weighted by Crippen LogP contribution is -2.37. The largest absolute Gasteiger partial charge is 0.374 e. The van der Waals surface area contributed by atoms with Crippen molar-refractivity contribution in [3.63, 3.8) is 0 Å². The average Bonchev–Trinajstić information content (AvgIpc) is 3.31. The minimum Gasteiger partial charge on any atom is -0.374 e. The third-order valence-electron chi connectivity index (χ3n) is 9.29. The number of hydrogen-bond acceptors (Lipinski definition) is 3. The van der Waals surface area contributed by atoms with Crippen molar-refractivity contribution in [3.8, 4) is 0 Å². The highest BCUT2D eigenvalue weighted by Crippen LogP contribution is 2.43. The first-order chi connectivity index (χ1) is 16.3. The maximum atomic E-state index is 6.72. The molecule has 3 aliphatic heterocycles. The van der Waals surface area contributed by atoms with Crippen LogP contribution in [0.1, 0.15) is 112 Å². The summed E-state index contributed by atoms with van der Waals surface area (Å²) in [4.78, 5) is 0. The van der Waals surface area contributed by atoms with Crippen molar-refractivity contribution >= 4 is 0 Å². The molecular weight excluding hydrogens is 420 g/mol. The zero-order chi connectivity index (χ0) is 24.8. The zero-order valence-electron chi connectivity index (χ0n) is 23.2. The SMILES string of the molecule is C=C1C[C@H](CCCC)O[C@H]1CC[C@H]1C[C@@H](C)C(=C)[C@@H](C[C@@H]2O[C@H](C[C@H](C)CC)C(C)[C@H]2CC)O1. The van der Waals surface area contributed by atoms with Gasteiger partial charge in [0, 0.05) is 6.42 Å². The fraction of sp³-hybridized carbons (Fsp3) is 0.871. The molecule has 3 heteroatoms. The first-order valence-corrected chi connectivity index (χ1v) is 14.6. The van der Waals surface area contributed by atoms with E-state index in [1.165, 1.54) is 49.7 Å². The van der Waals surface area contributed by atoms with Gasteiger partial charge in [-0.3, -0.25) is 0 Å². The summed E-state index contributed by atoms with van der Waals surface area (Å²) in [6.07, 6.45) is 14.1. The normalized spacial score (nSPS) is 39.6. The Hall–Kier alpha value is -0.640. The van der Waals surface area contributed by atoms with E-state index in [0.29, 0.717) is 36.1 Å². The molecule has 0 aromatic rings. The van der Waals surface area contributed by atoms with Gasteiger partial charge in [-0.25, -0.2) is 0 Å². The van der Waals surface area contributed by atoms with Crippen LogP contribution in [0.25, 0.3) is 0 Å². The maximum absolute atomic E-state index is 6.72. The lowest BCUT2D eigenvalue weighted by atomic mass is 9.80. The standard InChI is InChI=1S/C31H54O3/c1-9-12-13-25-18-22(6)28(32-25)15-14-26-17-21(5)23(7)30(33-26)19-31-27(11-3)24(8)29(34-31)16-20(4)10-2/h20-21,24-31H,6-7,9-19H2,1-5,8H3/t20-,21-,24?,25+,26+,27-,28+,29-,30-,31+/m1/s1. The zero-order valence-corrected chi connectivity index (χ0v) is 23.2. The molecule has 0 aliphatic carbocycles. The minimum absolute atomic E-state index is 0.118. The van der Waals surface area contributed by atoms with Crippen LogP contribution < -0.4 is 0 Å². The Labute approximate surface area is 211 Å². The van der Waals surface area contributed by atoms with E-state index in [2.05, 4.69) is 54.7 Å². The van der Waals surface area contributed by atoms with Crippen LogP contribution in [0.4, 0.5) is 0 Å². The summed E-state index contributed by atoms with van der Waals surface area (Å²) in [5.74, 6) is 2.48. The lowest BCUT2D eigenvalue weighted by Gasteiger charge is -2.38. The van der Waals surface area contributed by atoms with Gasteiger partial charge in [0.1, 0.15) is 0 Å². The molecule has 0 bridgehead atoms. The molecule has 10 atom stereocenters. The van der Waals surface area contributed by atoms with Crippen LogP contribution in [0.2, 0.25) is 0 Å². The molecule has 34 heavy (non-hydrogen) atoms. The van der Waals surface area contributed by atoms with Gasteiger partial charge >= 0.3 is 0 Å². The van der Waals surface area contributed by atoms with E-state index in [4.69, 9.17) is 14.2 Å². The van der Waals surface area contributed by atoms with Crippen molar-refractivity contribution in [2.75, 3.05) is 0 Å². The van der Waals surface area contributed by atoms with Crippen molar-refractivity contribution in [2.24, 2.45) is 23.7 Å². The fourth-order valence-electron chi connectivity index (χ4n) is 6.62. The number of rotatable bonds is 12. The van der Waals surface area contributed by atoms with Gasteiger partial charge in [0.05, 0.1) is 36.6 Å². The molecule has 3 saturated heterocycles. The summed E-state index contributed by atoms with van der Waals surface area (Å²) in [7, 11) is 0. The van der Waals surface area contributed by atoms with Crippen LogP contribution in [-0.4, -0.2) is 36.6 Å². The highest BCUT2D eigenvalue weighted by atomic mass is 16.5. The van der Waals surface area contributed by atoms with E-state index in [0.717, 1.165) is 38.0 Å². The second-order valence-electron chi connectivity index (χ2n) is 11.9. The summed E-state index contributed by atoms with van der Waals surface area (Å²) in [5.41, 5.74) is 2.56. The molecule has 3 fully saturated rings. The Morgan fingerprint density at radius 2 is 1.65 bits per heavy atom. The van der Waals surface area contributed by atoms with Gasteiger partial charge in [-0.1, -0.05) is 80.4 Å². The van der Waals surface area contributed by atoms with E-state index < -0.39 is 0 Å². The molecule has 3 heterocycles. The molecule has 0 aromatic heterocycles. The topological polar surface area (TPSA) is 27.7 Å². The Bertz CT molecular complexity index is 657. The first-order valence-electron chi connectivity index (χ1n) is 14.6. The highest BCUT2D eigenvalue weighted by molar-refractivity contribution is 5.12. The summed E-state index contributed by atoms with van der Waals surface area (Å²) in [6.45, 7) is 22.8. The Morgan fingerprint density at radius 1 is 0.912 bits per heavy atom. The van der Waals surface area contributed by atoms with Gasteiger partial charge in [0.25, 0.3) is 0 Å². The van der Waals surface area contributed by atoms with Crippen LogP contribution in [0.15, 0.2) is 24.3 Å². The van der Waals surface area contributed by atoms with Crippen molar-refractivity contribution in [1.29, 1.82) is 0 Å². The predicted octanol–water partition coefficient (Wildman–Crippen LogP) is 8.28. The molecule has 0 N–H and O–H groups in total. The quantitative estimate of drug-likeness (QED) is 0.266. The van der Waals surface area contributed by atoms with Gasteiger partial charge < -0.3 is 14.2 Å². The van der Waals surface area contributed by atoms with Crippen molar-refractivity contribution in [3.05, 3.63) is 24.3 Å². The van der Waals surface area contributed by atoms with Crippen molar-refractivity contribution in [2.45, 2.75) is 149 Å². The van der Waals surface area contributed by atoms with E-state index in [1.54, 1.807) is 0 Å². The lowest BCUT2D eigenvalue weighted by molar-refractivity contribution is -0.0745. The molecular formula is C31H54O3. The van der Waals surface area contributed by atoms with Crippen LogP contribution in [-0.2, 0) is 14.2 Å². The van der Waals surface area contributed by atoms with E-state index in [1.807, 2.05) is 0 Å². The number of unbranched alkanes of at least 4 members (excludes halogenated alkanes) is 1. The second kappa shape index (κ2) is 13.1. The van der Waals surface area contributed by atoms with Crippen molar-refractivity contribution < 1.29 is 14.2 Å². The van der Waals surface area contributed by atoms with Crippen LogP contribution in [0.5, 0.6) is 0 Å². The summed E-state index contributed by atoms with van der Waals surface area (Å²) in [5, 5.41) is 0. The Morgan fingerprint density at radius 3 is 2.32 bits per heavy atom. The fourth-order valence-corrected chi connectivity index (χ4v) is 6.62.